The maximum atomic E-state index is 12.9. The van der Waals surface area contributed by atoms with E-state index in [1.165, 1.54) is 10.4 Å². The first-order chi connectivity index (χ1) is 11.0. The molecule has 0 amide bonds. The third-order valence-corrected chi connectivity index (χ3v) is 6.43. The van der Waals surface area contributed by atoms with Gasteiger partial charge in [-0.15, -0.1) is 0 Å². The quantitative estimate of drug-likeness (QED) is 0.922. The van der Waals surface area contributed by atoms with Crippen molar-refractivity contribution in [3.8, 4) is 0 Å². The van der Waals surface area contributed by atoms with Gasteiger partial charge >= 0.3 is 0 Å². The Bertz CT molecular complexity index is 780. The summed E-state index contributed by atoms with van der Waals surface area (Å²) in [5.74, 6) is 0.238. The molecule has 1 aliphatic heterocycles. The van der Waals surface area contributed by atoms with Gasteiger partial charge in [-0.1, -0.05) is 48.0 Å². The van der Waals surface area contributed by atoms with E-state index in [1.807, 2.05) is 30.3 Å². The molecule has 0 aromatic heterocycles. The molecule has 0 aliphatic carbocycles. The number of rotatable bonds is 4. The molecule has 1 fully saturated rings. The van der Waals surface area contributed by atoms with Crippen molar-refractivity contribution in [2.24, 2.45) is 11.7 Å². The molecule has 0 unspecified atom stereocenters. The van der Waals surface area contributed by atoms with Crippen LogP contribution in [0.5, 0.6) is 0 Å². The number of hydrogen-bond donors (Lipinski definition) is 1. The molecular weight excluding hydrogens is 332 g/mol. The van der Waals surface area contributed by atoms with Crippen LogP contribution in [0.1, 0.15) is 11.5 Å². The van der Waals surface area contributed by atoms with E-state index in [0.29, 0.717) is 24.7 Å². The molecule has 6 heteroatoms. The average molecular weight is 351 g/mol. The number of hydrogen-bond acceptors (Lipinski definition) is 3. The number of halogens is 1. The van der Waals surface area contributed by atoms with E-state index in [9.17, 15) is 8.42 Å². The molecule has 0 bridgehead atoms. The van der Waals surface area contributed by atoms with Gasteiger partial charge in [-0.2, -0.15) is 4.31 Å². The fourth-order valence-corrected chi connectivity index (χ4v) is 4.95. The summed E-state index contributed by atoms with van der Waals surface area (Å²) in [5.41, 5.74) is 7.02. The molecule has 2 aromatic carbocycles. The zero-order chi connectivity index (χ0) is 16.4. The van der Waals surface area contributed by atoms with Crippen molar-refractivity contribution in [1.29, 1.82) is 0 Å². The Kier molecular flexibility index (Phi) is 4.73. The number of nitrogens with zero attached hydrogens (tertiary/aromatic N) is 1. The van der Waals surface area contributed by atoms with Crippen molar-refractivity contribution in [2.75, 3.05) is 19.6 Å². The standard InChI is InChI=1S/C17H19ClN2O2S/c18-15-7-4-8-16(9-15)23(21,22)20-11-14(10-19)17(12-20)13-5-2-1-3-6-13/h1-9,14,17H,10-12,19H2/t14-,17+/m1/s1. The summed E-state index contributed by atoms with van der Waals surface area (Å²) in [6, 6.07) is 16.3. The minimum atomic E-state index is -3.55. The van der Waals surface area contributed by atoms with Crippen molar-refractivity contribution in [3.05, 3.63) is 65.2 Å². The van der Waals surface area contributed by atoms with Crippen LogP contribution >= 0.6 is 11.6 Å². The van der Waals surface area contributed by atoms with Crippen molar-refractivity contribution in [3.63, 3.8) is 0 Å². The number of sulfonamides is 1. The summed E-state index contributed by atoms with van der Waals surface area (Å²) in [6.07, 6.45) is 0. The van der Waals surface area contributed by atoms with Gasteiger partial charge in [0.15, 0.2) is 0 Å². The zero-order valence-electron chi connectivity index (χ0n) is 12.6. The molecule has 2 atom stereocenters. The van der Waals surface area contributed by atoms with Crippen LogP contribution in [0, 0.1) is 5.92 Å². The van der Waals surface area contributed by atoms with Gasteiger partial charge < -0.3 is 5.73 Å². The van der Waals surface area contributed by atoms with Crippen LogP contribution in [-0.2, 0) is 10.0 Å². The Morgan fingerprint density at radius 1 is 1.09 bits per heavy atom. The maximum Gasteiger partial charge on any atom is 0.243 e. The van der Waals surface area contributed by atoms with Gasteiger partial charge in [0.1, 0.15) is 0 Å². The third-order valence-electron chi connectivity index (χ3n) is 4.37. The van der Waals surface area contributed by atoms with Crippen LogP contribution in [-0.4, -0.2) is 32.4 Å². The second-order valence-electron chi connectivity index (χ2n) is 5.79. The first kappa shape index (κ1) is 16.5. The zero-order valence-corrected chi connectivity index (χ0v) is 14.2. The summed E-state index contributed by atoms with van der Waals surface area (Å²) in [4.78, 5) is 0.231. The Labute approximate surface area is 141 Å². The highest BCUT2D eigenvalue weighted by Gasteiger charge is 2.39. The van der Waals surface area contributed by atoms with Crippen LogP contribution in [0.4, 0.5) is 0 Å². The first-order valence-corrected chi connectivity index (χ1v) is 9.35. The summed E-state index contributed by atoms with van der Waals surface area (Å²) in [5, 5.41) is 0.417. The molecular formula is C17H19ClN2O2S. The second-order valence-corrected chi connectivity index (χ2v) is 8.17. The predicted molar refractivity (Wildman–Crippen MR) is 91.9 cm³/mol. The van der Waals surface area contributed by atoms with Crippen molar-refractivity contribution >= 4 is 21.6 Å². The summed E-state index contributed by atoms with van der Waals surface area (Å²) in [7, 11) is -3.55. The molecule has 4 nitrogen and oxygen atoms in total. The van der Waals surface area contributed by atoms with E-state index in [1.54, 1.807) is 18.2 Å². The lowest BCUT2D eigenvalue weighted by molar-refractivity contribution is 0.459. The van der Waals surface area contributed by atoms with Gasteiger partial charge in [-0.05, 0) is 36.2 Å². The predicted octanol–water partition coefficient (Wildman–Crippen LogP) is 2.70. The van der Waals surface area contributed by atoms with Gasteiger partial charge in [0.25, 0.3) is 0 Å². The van der Waals surface area contributed by atoms with Crippen LogP contribution < -0.4 is 5.73 Å². The summed E-state index contributed by atoms with van der Waals surface area (Å²) < 4.78 is 27.2. The maximum absolute atomic E-state index is 12.9. The van der Waals surface area contributed by atoms with Crippen LogP contribution in [0.15, 0.2) is 59.5 Å². The molecule has 3 rings (SSSR count). The normalized spacial score (nSPS) is 22.3. The Morgan fingerprint density at radius 3 is 2.48 bits per heavy atom. The number of benzene rings is 2. The Morgan fingerprint density at radius 2 is 1.83 bits per heavy atom. The molecule has 1 saturated heterocycles. The summed E-state index contributed by atoms with van der Waals surface area (Å²) in [6.45, 7) is 1.34. The first-order valence-electron chi connectivity index (χ1n) is 7.53. The van der Waals surface area contributed by atoms with E-state index in [-0.39, 0.29) is 16.7 Å². The van der Waals surface area contributed by atoms with E-state index >= 15 is 0 Å². The molecule has 0 saturated carbocycles. The average Bonchev–Trinajstić information content (AvgIpc) is 3.01. The largest absolute Gasteiger partial charge is 0.330 e. The van der Waals surface area contributed by atoms with E-state index in [0.717, 1.165) is 5.56 Å². The topological polar surface area (TPSA) is 63.4 Å². The van der Waals surface area contributed by atoms with E-state index in [2.05, 4.69) is 0 Å². The highest BCUT2D eigenvalue weighted by Crippen LogP contribution is 2.35. The molecule has 1 heterocycles. The lowest BCUT2D eigenvalue weighted by Gasteiger charge is -2.17. The third kappa shape index (κ3) is 3.28. The minimum absolute atomic E-state index is 0.117. The smallest absolute Gasteiger partial charge is 0.243 e. The number of nitrogens with two attached hydrogens (primary N) is 1. The van der Waals surface area contributed by atoms with Gasteiger partial charge in [0, 0.05) is 24.0 Å². The molecule has 0 radical (unpaired) electrons. The fraction of sp³-hybridized carbons (Fsp3) is 0.294. The highest BCUT2D eigenvalue weighted by molar-refractivity contribution is 7.89. The Balaban J connectivity index is 1.90. The fourth-order valence-electron chi connectivity index (χ4n) is 3.12. The molecule has 23 heavy (non-hydrogen) atoms. The van der Waals surface area contributed by atoms with Gasteiger partial charge in [0.05, 0.1) is 4.90 Å². The van der Waals surface area contributed by atoms with Crippen molar-refractivity contribution < 1.29 is 8.42 Å². The molecule has 122 valence electrons. The molecule has 0 spiro atoms. The lowest BCUT2D eigenvalue weighted by Crippen LogP contribution is -2.30. The highest BCUT2D eigenvalue weighted by atomic mass is 35.5. The van der Waals surface area contributed by atoms with Crippen molar-refractivity contribution in [1.82, 2.24) is 4.31 Å². The summed E-state index contributed by atoms with van der Waals surface area (Å²) >= 11 is 5.94. The van der Waals surface area contributed by atoms with Crippen LogP contribution in [0.3, 0.4) is 0 Å². The van der Waals surface area contributed by atoms with Crippen LogP contribution in [0.25, 0.3) is 0 Å². The van der Waals surface area contributed by atoms with E-state index in [4.69, 9.17) is 17.3 Å². The monoisotopic (exact) mass is 350 g/mol. The van der Waals surface area contributed by atoms with Crippen molar-refractivity contribution in [2.45, 2.75) is 10.8 Å². The molecule has 2 N–H and O–H groups in total. The SMILES string of the molecule is NC[C@@H]1CN(S(=O)(=O)c2cccc(Cl)c2)C[C@H]1c1ccccc1. The van der Waals surface area contributed by atoms with Crippen LogP contribution in [0.2, 0.25) is 5.02 Å². The van der Waals surface area contributed by atoms with E-state index < -0.39 is 10.0 Å². The second kappa shape index (κ2) is 6.61. The lowest BCUT2D eigenvalue weighted by atomic mass is 9.89. The Hall–Kier alpha value is -1.40. The van der Waals surface area contributed by atoms with Gasteiger partial charge in [0.2, 0.25) is 10.0 Å². The van der Waals surface area contributed by atoms with Gasteiger partial charge in [-0.3, -0.25) is 0 Å². The molecule has 2 aromatic rings. The molecule has 1 aliphatic rings. The minimum Gasteiger partial charge on any atom is -0.330 e. The van der Waals surface area contributed by atoms with Gasteiger partial charge in [-0.25, -0.2) is 8.42 Å².